The Bertz CT molecular complexity index is 982. The van der Waals surface area contributed by atoms with Crippen LogP contribution in [-0.4, -0.2) is 73.3 Å². The highest BCUT2D eigenvalue weighted by Gasteiger charge is 2.39. The van der Waals surface area contributed by atoms with Crippen LogP contribution in [0, 0.1) is 0 Å². The lowest BCUT2D eigenvalue weighted by atomic mass is 10.0. The number of ether oxygens (including phenoxy) is 1. The Morgan fingerprint density at radius 3 is 2.67 bits per heavy atom. The second kappa shape index (κ2) is 13.7. The summed E-state index contributed by atoms with van der Waals surface area (Å²) >= 11 is 0. The van der Waals surface area contributed by atoms with Gasteiger partial charge in [-0.2, -0.15) is 0 Å². The van der Waals surface area contributed by atoms with Gasteiger partial charge in [-0.1, -0.05) is 12.5 Å². The largest absolute Gasteiger partial charge is 0.378 e. The fourth-order valence-corrected chi connectivity index (χ4v) is 4.30. The Kier molecular flexibility index (Phi) is 10.4. The molecule has 3 rings (SSSR count). The molecule has 0 saturated carbocycles. The molecule has 11 nitrogen and oxygen atoms in total. The number of unbranched alkanes of at least 4 members (excludes halogenated alkanes) is 2. The number of hydrogen-bond donors (Lipinski definition) is 4. The van der Waals surface area contributed by atoms with E-state index in [1.165, 1.54) is 11.8 Å². The third-order valence-corrected chi connectivity index (χ3v) is 6.16. The Hall–Kier alpha value is -3.31. The third kappa shape index (κ3) is 7.85. The van der Waals surface area contributed by atoms with Gasteiger partial charge in [0.05, 0.1) is 13.2 Å². The summed E-state index contributed by atoms with van der Waals surface area (Å²) in [5, 5.41) is 11.2. The smallest absolute Gasteiger partial charge is 0.255 e. The number of nitrogens with zero attached hydrogens (tertiary/aromatic N) is 1. The van der Waals surface area contributed by atoms with E-state index < -0.39 is 11.9 Å². The lowest BCUT2D eigenvalue weighted by Crippen LogP contribution is -2.52. The van der Waals surface area contributed by atoms with Gasteiger partial charge in [-0.25, -0.2) is 0 Å². The fraction of sp³-hybridized carbons (Fsp3) is 0.560. The summed E-state index contributed by atoms with van der Waals surface area (Å²) in [6, 6.07) is 4.49. The van der Waals surface area contributed by atoms with E-state index in [9.17, 15) is 24.0 Å². The number of piperidine rings is 1. The maximum Gasteiger partial charge on any atom is 0.255 e. The Labute approximate surface area is 210 Å². The highest BCUT2D eigenvalue weighted by Crippen LogP contribution is 2.32. The van der Waals surface area contributed by atoms with Crippen molar-refractivity contribution in [3.63, 3.8) is 0 Å². The SMILES string of the molecule is CC(=O)NCCOCCNCCCCCC(=O)Nc1cccc2c1CN(C1CCC(=O)NC1=O)C2=O. The molecule has 0 aliphatic carbocycles. The number of benzene rings is 1. The number of nitrogens with one attached hydrogen (secondary N) is 4. The van der Waals surface area contributed by atoms with E-state index in [1.807, 2.05) is 0 Å². The first-order chi connectivity index (χ1) is 17.4. The van der Waals surface area contributed by atoms with Crippen molar-refractivity contribution in [1.29, 1.82) is 0 Å². The molecule has 0 spiro atoms. The Morgan fingerprint density at radius 1 is 1.08 bits per heavy atom. The van der Waals surface area contributed by atoms with E-state index >= 15 is 0 Å². The summed E-state index contributed by atoms with van der Waals surface area (Å²) in [5.41, 5.74) is 1.76. The first-order valence-electron chi connectivity index (χ1n) is 12.5. The van der Waals surface area contributed by atoms with Gasteiger partial charge in [-0.15, -0.1) is 0 Å². The summed E-state index contributed by atoms with van der Waals surface area (Å²) in [6.07, 6.45) is 3.46. The number of amides is 5. The minimum absolute atomic E-state index is 0.0652. The number of imide groups is 1. The van der Waals surface area contributed by atoms with Crippen molar-refractivity contribution < 1.29 is 28.7 Å². The first kappa shape index (κ1) is 27.3. The average molecular weight is 502 g/mol. The zero-order valence-electron chi connectivity index (χ0n) is 20.7. The summed E-state index contributed by atoms with van der Waals surface area (Å²) in [6.45, 7) is 4.84. The van der Waals surface area contributed by atoms with E-state index in [1.54, 1.807) is 18.2 Å². The molecule has 1 aromatic rings. The molecule has 2 aliphatic heterocycles. The zero-order chi connectivity index (χ0) is 25.9. The van der Waals surface area contributed by atoms with Crippen LogP contribution < -0.4 is 21.3 Å². The predicted molar refractivity (Wildman–Crippen MR) is 132 cm³/mol. The third-order valence-electron chi connectivity index (χ3n) is 6.16. The van der Waals surface area contributed by atoms with Crippen molar-refractivity contribution in [1.82, 2.24) is 20.9 Å². The van der Waals surface area contributed by atoms with Crippen LogP contribution in [0.25, 0.3) is 0 Å². The average Bonchev–Trinajstić information content (AvgIpc) is 3.17. The molecule has 2 heterocycles. The van der Waals surface area contributed by atoms with Gasteiger partial charge in [-0.3, -0.25) is 29.3 Å². The van der Waals surface area contributed by atoms with Crippen LogP contribution in [-0.2, 0) is 30.5 Å². The maximum absolute atomic E-state index is 12.9. The predicted octanol–water partition coefficient (Wildman–Crippen LogP) is 0.689. The van der Waals surface area contributed by atoms with E-state index in [-0.39, 0.29) is 36.6 Å². The van der Waals surface area contributed by atoms with E-state index in [2.05, 4.69) is 21.3 Å². The number of carbonyl (C=O) groups is 5. The van der Waals surface area contributed by atoms with Gasteiger partial charge in [0, 0.05) is 56.2 Å². The minimum Gasteiger partial charge on any atom is -0.378 e. The molecular weight excluding hydrogens is 466 g/mol. The van der Waals surface area contributed by atoms with Crippen LogP contribution in [0.1, 0.15) is 61.4 Å². The molecule has 1 unspecified atom stereocenters. The normalized spacial score (nSPS) is 17.1. The molecule has 4 N–H and O–H groups in total. The molecule has 2 aliphatic rings. The molecule has 11 heteroatoms. The monoisotopic (exact) mass is 501 g/mol. The second-order valence-corrected chi connectivity index (χ2v) is 8.94. The zero-order valence-corrected chi connectivity index (χ0v) is 20.7. The van der Waals surface area contributed by atoms with Crippen LogP contribution >= 0.6 is 0 Å². The number of fused-ring (bicyclic) bond motifs is 1. The molecular formula is C25H35N5O6. The first-order valence-corrected chi connectivity index (χ1v) is 12.5. The van der Waals surface area contributed by atoms with E-state index in [0.29, 0.717) is 49.4 Å². The standard InChI is InChI=1S/C25H35N5O6/c1-17(31)27-13-15-36-14-12-26-11-4-2-3-8-22(32)28-20-7-5-6-18-19(20)16-30(25(18)35)21-9-10-23(33)29-24(21)34/h5-7,21,26H,2-4,8-16H2,1H3,(H,27,31)(H,28,32)(H,29,33,34). The van der Waals surface area contributed by atoms with Crippen molar-refractivity contribution in [2.24, 2.45) is 0 Å². The fourth-order valence-electron chi connectivity index (χ4n) is 4.30. The number of hydrogen-bond acceptors (Lipinski definition) is 7. The minimum atomic E-state index is -0.685. The molecule has 1 fully saturated rings. The van der Waals surface area contributed by atoms with Crippen molar-refractivity contribution in [3.05, 3.63) is 29.3 Å². The van der Waals surface area contributed by atoms with Gasteiger partial charge in [0.25, 0.3) is 5.91 Å². The van der Waals surface area contributed by atoms with Crippen molar-refractivity contribution in [2.75, 3.05) is 38.2 Å². The highest BCUT2D eigenvalue weighted by atomic mass is 16.5. The van der Waals surface area contributed by atoms with Crippen molar-refractivity contribution in [3.8, 4) is 0 Å². The molecule has 0 radical (unpaired) electrons. The molecule has 1 aromatic carbocycles. The lowest BCUT2D eigenvalue weighted by Gasteiger charge is -2.29. The number of carbonyl (C=O) groups excluding carboxylic acids is 5. The maximum atomic E-state index is 12.9. The van der Waals surface area contributed by atoms with E-state index in [0.717, 1.165) is 32.4 Å². The molecule has 1 saturated heterocycles. The Balaban J connectivity index is 1.33. The number of anilines is 1. The van der Waals surface area contributed by atoms with Gasteiger partial charge in [-0.05, 0) is 37.9 Å². The van der Waals surface area contributed by atoms with Gasteiger partial charge in [0.2, 0.25) is 23.6 Å². The summed E-state index contributed by atoms with van der Waals surface area (Å²) in [4.78, 5) is 61.3. The van der Waals surface area contributed by atoms with Crippen LogP contribution in [0.4, 0.5) is 5.69 Å². The summed E-state index contributed by atoms with van der Waals surface area (Å²) < 4.78 is 5.40. The van der Waals surface area contributed by atoms with Gasteiger partial charge in [0.15, 0.2) is 0 Å². The van der Waals surface area contributed by atoms with E-state index in [4.69, 9.17) is 4.74 Å². The molecule has 36 heavy (non-hydrogen) atoms. The van der Waals surface area contributed by atoms with Crippen LogP contribution in [0.2, 0.25) is 0 Å². The quantitative estimate of drug-likeness (QED) is 0.217. The topological polar surface area (TPSA) is 146 Å². The van der Waals surface area contributed by atoms with Gasteiger partial charge >= 0.3 is 0 Å². The molecule has 1 atom stereocenters. The van der Waals surface area contributed by atoms with Gasteiger partial charge < -0.3 is 25.6 Å². The molecule has 196 valence electrons. The van der Waals surface area contributed by atoms with Crippen molar-refractivity contribution in [2.45, 2.75) is 58.0 Å². The number of rotatable bonds is 14. The Morgan fingerprint density at radius 2 is 1.89 bits per heavy atom. The van der Waals surface area contributed by atoms with Crippen LogP contribution in [0.3, 0.4) is 0 Å². The molecule has 0 aromatic heterocycles. The van der Waals surface area contributed by atoms with Crippen molar-refractivity contribution >= 4 is 35.2 Å². The van der Waals surface area contributed by atoms with Crippen LogP contribution in [0.5, 0.6) is 0 Å². The molecule has 5 amide bonds. The highest BCUT2D eigenvalue weighted by molar-refractivity contribution is 6.06. The second-order valence-electron chi connectivity index (χ2n) is 8.94. The summed E-state index contributed by atoms with van der Waals surface area (Å²) in [7, 11) is 0. The summed E-state index contributed by atoms with van der Waals surface area (Å²) in [5.74, 6) is -1.22. The lowest BCUT2D eigenvalue weighted by molar-refractivity contribution is -0.137. The molecule has 0 bridgehead atoms. The van der Waals surface area contributed by atoms with Gasteiger partial charge in [0.1, 0.15) is 6.04 Å². The van der Waals surface area contributed by atoms with Crippen LogP contribution in [0.15, 0.2) is 18.2 Å².